The summed E-state index contributed by atoms with van der Waals surface area (Å²) in [4.78, 5) is 12.6. The fourth-order valence-electron chi connectivity index (χ4n) is 3.81. The van der Waals surface area contributed by atoms with E-state index in [2.05, 4.69) is 5.32 Å². The maximum absolute atomic E-state index is 12.6. The molecule has 0 aliphatic heterocycles. The van der Waals surface area contributed by atoms with E-state index in [1.54, 1.807) is 24.3 Å². The van der Waals surface area contributed by atoms with Gasteiger partial charge in [-0.05, 0) is 83.4 Å². The number of anilines is 1. The molecule has 0 fully saturated rings. The van der Waals surface area contributed by atoms with Crippen molar-refractivity contribution in [3.8, 4) is 17.2 Å². The van der Waals surface area contributed by atoms with Crippen molar-refractivity contribution in [3.05, 3.63) is 132 Å². The molecule has 0 aliphatic rings. The van der Waals surface area contributed by atoms with Gasteiger partial charge < -0.3 is 14.8 Å². The van der Waals surface area contributed by atoms with E-state index in [0.717, 1.165) is 39.1 Å². The monoisotopic (exact) mass is 459 g/mol. The summed E-state index contributed by atoms with van der Waals surface area (Å²) in [6.45, 7) is 2.50. The molecule has 0 unspecified atom stereocenters. The van der Waals surface area contributed by atoms with Gasteiger partial charge in [0, 0.05) is 11.3 Å². The van der Waals surface area contributed by atoms with E-state index in [-0.39, 0.29) is 5.91 Å². The Bertz CT molecular complexity index is 1460. The average Bonchev–Trinajstić information content (AvgIpc) is 2.90. The Morgan fingerprint density at radius 1 is 0.686 bits per heavy atom. The lowest BCUT2D eigenvalue weighted by atomic mass is 10.1. The van der Waals surface area contributed by atoms with E-state index >= 15 is 0 Å². The molecule has 0 aliphatic carbocycles. The molecule has 0 saturated heterocycles. The predicted octanol–water partition coefficient (Wildman–Crippen LogP) is 7.77. The summed E-state index contributed by atoms with van der Waals surface area (Å²) in [5.74, 6) is 2.07. The first kappa shape index (κ1) is 22.2. The second-order valence-electron chi connectivity index (χ2n) is 8.34. The lowest BCUT2D eigenvalue weighted by molar-refractivity contribution is 0.102. The molecule has 172 valence electrons. The van der Waals surface area contributed by atoms with Crippen LogP contribution in [0.5, 0.6) is 17.2 Å². The van der Waals surface area contributed by atoms with Gasteiger partial charge in [-0.25, -0.2) is 0 Å². The van der Waals surface area contributed by atoms with Crippen LogP contribution in [0.2, 0.25) is 0 Å². The molecule has 35 heavy (non-hydrogen) atoms. The molecule has 5 aromatic carbocycles. The number of carbonyl (C=O) groups excluding carboxylic acids is 1. The number of rotatable bonds is 7. The van der Waals surface area contributed by atoms with Crippen LogP contribution < -0.4 is 14.8 Å². The quantitative estimate of drug-likeness (QED) is 0.270. The second kappa shape index (κ2) is 10.1. The van der Waals surface area contributed by atoms with E-state index in [1.165, 1.54) is 0 Å². The summed E-state index contributed by atoms with van der Waals surface area (Å²) >= 11 is 0. The third kappa shape index (κ3) is 5.50. The zero-order valence-corrected chi connectivity index (χ0v) is 19.4. The summed E-state index contributed by atoms with van der Waals surface area (Å²) in [6, 6.07) is 36.9. The van der Waals surface area contributed by atoms with Crippen LogP contribution in [0.15, 0.2) is 115 Å². The molecule has 0 saturated carbocycles. The first-order valence-electron chi connectivity index (χ1n) is 11.5. The van der Waals surface area contributed by atoms with Gasteiger partial charge in [-0.15, -0.1) is 0 Å². The SMILES string of the molecule is Cc1ccccc1NC(=O)c1ccc(Oc2ccc3cc(OCc4ccccc4)ccc3c2)cc1. The molecule has 0 bridgehead atoms. The number of hydrogen-bond acceptors (Lipinski definition) is 3. The Kier molecular flexibility index (Phi) is 6.44. The number of hydrogen-bond donors (Lipinski definition) is 1. The van der Waals surface area contributed by atoms with Crippen LogP contribution in [0.1, 0.15) is 21.5 Å². The van der Waals surface area contributed by atoms with Gasteiger partial charge in [0.25, 0.3) is 5.91 Å². The van der Waals surface area contributed by atoms with Crippen LogP contribution in [-0.2, 0) is 6.61 Å². The Hall–Kier alpha value is -4.57. The van der Waals surface area contributed by atoms with Crippen molar-refractivity contribution in [1.29, 1.82) is 0 Å². The minimum Gasteiger partial charge on any atom is -0.489 e. The average molecular weight is 460 g/mol. The van der Waals surface area contributed by atoms with Crippen LogP contribution in [0.4, 0.5) is 5.69 Å². The van der Waals surface area contributed by atoms with Gasteiger partial charge >= 0.3 is 0 Å². The summed E-state index contributed by atoms with van der Waals surface area (Å²) in [5.41, 5.74) is 3.53. The molecule has 5 rings (SSSR count). The molecule has 0 heterocycles. The van der Waals surface area contributed by atoms with Crippen LogP contribution in [0.3, 0.4) is 0 Å². The van der Waals surface area contributed by atoms with Gasteiger partial charge in [0.1, 0.15) is 23.9 Å². The van der Waals surface area contributed by atoms with Crippen molar-refractivity contribution in [3.63, 3.8) is 0 Å². The van der Waals surface area contributed by atoms with Crippen molar-refractivity contribution < 1.29 is 14.3 Å². The maximum Gasteiger partial charge on any atom is 0.255 e. The molecule has 1 N–H and O–H groups in total. The lowest BCUT2D eigenvalue weighted by Gasteiger charge is -2.10. The number of amides is 1. The van der Waals surface area contributed by atoms with Crippen molar-refractivity contribution >= 4 is 22.4 Å². The summed E-state index contributed by atoms with van der Waals surface area (Å²) in [6.07, 6.45) is 0. The smallest absolute Gasteiger partial charge is 0.255 e. The summed E-state index contributed by atoms with van der Waals surface area (Å²) < 4.78 is 12.0. The highest BCUT2D eigenvalue weighted by Crippen LogP contribution is 2.28. The number of nitrogens with one attached hydrogen (secondary N) is 1. The Balaban J connectivity index is 1.23. The standard InChI is InChI=1S/C31H25NO3/c1-22-7-5-6-10-30(22)32-31(33)24-11-15-27(16-12-24)35-29-18-14-25-19-28(17-13-26(25)20-29)34-21-23-8-3-2-4-9-23/h2-20H,21H2,1H3,(H,32,33). The highest BCUT2D eigenvalue weighted by atomic mass is 16.5. The molecule has 1 amide bonds. The molecule has 0 spiro atoms. The normalized spacial score (nSPS) is 10.7. The molecule has 0 radical (unpaired) electrons. The highest BCUT2D eigenvalue weighted by molar-refractivity contribution is 6.04. The van der Waals surface area contributed by atoms with Crippen LogP contribution in [-0.4, -0.2) is 5.91 Å². The Morgan fingerprint density at radius 2 is 1.31 bits per heavy atom. The summed E-state index contributed by atoms with van der Waals surface area (Å²) in [5, 5.41) is 5.08. The number of fused-ring (bicyclic) bond motifs is 1. The largest absolute Gasteiger partial charge is 0.489 e. The first-order chi connectivity index (χ1) is 17.1. The van der Waals surface area contributed by atoms with Gasteiger partial charge in [0.15, 0.2) is 0 Å². The van der Waals surface area contributed by atoms with E-state index < -0.39 is 0 Å². The number of para-hydroxylation sites is 1. The minimum atomic E-state index is -0.151. The van der Waals surface area contributed by atoms with Crippen molar-refractivity contribution in [2.75, 3.05) is 5.32 Å². The fourth-order valence-corrected chi connectivity index (χ4v) is 3.81. The van der Waals surface area contributed by atoms with E-state index in [9.17, 15) is 4.79 Å². The van der Waals surface area contributed by atoms with Gasteiger partial charge in [0.05, 0.1) is 0 Å². The molecular formula is C31H25NO3. The third-order valence-corrected chi connectivity index (χ3v) is 5.78. The minimum absolute atomic E-state index is 0.151. The zero-order valence-electron chi connectivity index (χ0n) is 19.4. The first-order valence-corrected chi connectivity index (χ1v) is 11.5. The van der Waals surface area contributed by atoms with Crippen LogP contribution in [0, 0.1) is 6.92 Å². The van der Waals surface area contributed by atoms with E-state index in [4.69, 9.17) is 9.47 Å². The van der Waals surface area contributed by atoms with E-state index in [0.29, 0.717) is 17.9 Å². The van der Waals surface area contributed by atoms with Gasteiger partial charge in [0.2, 0.25) is 0 Å². The topological polar surface area (TPSA) is 47.6 Å². The van der Waals surface area contributed by atoms with E-state index in [1.807, 2.05) is 97.9 Å². The van der Waals surface area contributed by atoms with Gasteiger partial charge in [-0.3, -0.25) is 4.79 Å². The van der Waals surface area contributed by atoms with Gasteiger partial charge in [-0.2, -0.15) is 0 Å². The second-order valence-corrected chi connectivity index (χ2v) is 8.34. The number of benzene rings is 5. The number of carbonyl (C=O) groups is 1. The van der Waals surface area contributed by atoms with Crippen molar-refractivity contribution in [1.82, 2.24) is 0 Å². The fraction of sp³-hybridized carbons (Fsp3) is 0.0645. The Morgan fingerprint density at radius 3 is 2.06 bits per heavy atom. The van der Waals surface area contributed by atoms with Crippen molar-refractivity contribution in [2.45, 2.75) is 13.5 Å². The highest BCUT2D eigenvalue weighted by Gasteiger charge is 2.08. The zero-order chi connectivity index (χ0) is 24.0. The molecule has 0 atom stereocenters. The number of ether oxygens (including phenoxy) is 2. The molecular weight excluding hydrogens is 434 g/mol. The molecule has 0 aromatic heterocycles. The summed E-state index contributed by atoms with van der Waals surface area (Å²) in [7, 11) is 0. The molecule has 5 aromatic rings. The predicted molar refractivity (Wildman–Crippen MR) is 140 cm³/mol. The lowest BCUT2D eigenvalue weighted by Crippen LogP contribution is -2.12. The Labute approximate surface area is 204 Å². The molecule has 4 heteroatoms. The maximum atomic E-state index is 12.6. The molecule has 4 nitrogen and oxygen atoms in total. The van der Waals surface area contributed by atoms with Crippen LogP contribution >= 0.6 is 0 Å². The third-order valence-electron chi connectivity index (χ3n) is 5.78. The van der Waals surface area contributed by atoms with Gasteiger partial charge in [-0.1, -0.05) is 60.7 Å². The van der Waals surface area contributed by atoms with Crippen LogP contribution in [0.25, 0.3) is 10.8 Å². The number of aryl methyl sites for hydroxylation is 1. The van der Waals surface area contributed by atoms with Crippen molar-refractivity contribution in [2.24, 2.45) is 0 Å².